The summed E-state index contributed by atoms with van der Waals surface area (Å²) in [5.74, 6) is -1.23. The van der Waals surface area contributed by atoms with Crippen molar-refractivity contribution in [3.8, 4) is 0 Å². The molecule has 0 aromatic heterocycles. The molecule has 0 atom stereocenters. The molecule has 0 saturated heterocycles. The number of benzene rings is 3. The van der Waals surface area contributed by atoms with E-state index < -0.39 is 28.5 Å². The van der Waals surface area contributed by atoms with E-state index in [4.69, 9.17) is 16.3 Å². The molecule has 0 spiro atoms. The van der Waals surface area contributed by atoms with Crippen LogP contribution in [0.3, 0.4) is 0 Å². The van der Waals surface area contributed by atoms with Crippen molar-refractivity contribution in [1.82, 2.24) is 0 Å². The number of ether oxygens (including phenoxy) is 1. The summed E-state index contributed by atoms with van der Waals surface area (Å²) in [7, 11) is -3.77. The zero-order valence-electron chi connectivity index (χ0n) is 17.5. The number of halogens is 1. The number of amides is 1. The number of esters is 1. The Hall–Kier alpha value is -3.36. The number of para-hydroxylation sites is 1. The predicted octanol–water partition coefficient (Wildman–Crippen LogP) is 4.28. The summed E-state index contributed by atoms with van der Waals surface area (Å²) in [6.45, 7) is -0.0854. The van der Waals surface area contributed by atoms with Crippen molar-refractivity contribution in [3.05, 3.63) is 88.9 Å². The number of carbonyl (C=O) groups excluding carboxylic acids is 2. The van der Waals surface area contributed by atoms with E-state index in [0.717, 1.165) is 18.4 Å². The van der Waals surface area contributed by atoms with Gasteiger partial charge in [0.05, 0.1) is 16.1 Å². The fourth-order valence-electron chi connectivity index (χ4n) is 3.58. The van der Waals surface area contributed by atoms with Crippen molar-refractivity contribution >= 4 is 44.9 Å². The van der Waals surface area contributed by atoms with E-state index in [2.05, 4.69) is 5.32 Å². The van der Waals surface area contributed by atoms with Gasteiger partial charge in [0, 0.05) is 17.3 Å². The van der Waals surface area contributed by atoms with Crippen LogP contribution in [-0.4, -0.2) is 33.4 Å². The van der Waals surface area contributed by atoms with Crippen molar-refractivity contribution in [2.75, 3.05) is 22.8 Å². The van der Waals surface area contributed by atoms with Gasteiger partial charge >= 0.3 is 5.97 Å². The lowest BCUT2D eigenvalue weighted by molar-refractivity contribution is -0.119. The molecule has 1 N–H and O–H groups in total. The molecule has 3 aromatic carbocycles. The minimum absolute atomic E-state index is 0.0798. The fourth-order valence-corrected chi connectivity index (χ4v) is 5.25. The Labute approximate surface area is 197 Å². The Morgan fingerprint density at radius 3 is 2.39 bits per heavy atom. The van der Waals surface area contributed by atoms with Crippen LogP contribution >= 0.6 is 11.6 Å². The molecule has 0 radical (unpaired) electrons. The molecule has 1 aliphatic heterocycles. The molecule has 7 nitrogen and oxygen atoms in total. The van der Waals surface area contributed by atoms with Gasteiger partial charge in [-0.05, 0) is 73.0 Å². The van der Waals surface area contributed by atoms with Crippen LogP contribution in [0.4, 0.5) is 11.4 Å². The molecule has 0 bridgehead atoms. The number of sulfonamides is 1. The summed E-state index contributed by atoms with van der Waals surface area (Å²) in [6, 6.07) is 19.4. The van der Waals surface area contributed by atoms with E-state index in [0.29, 0.717) is 22.9 Å². The highest BCUT2D eigenvalue weighted by Gasteiger charge is 2.29. The lowest BCUT2D eigenvalue weighted by atomic mass is 10.0. The number of carbonyl (C=O) groups is 2. The van der Waals surface area contributed by atoms with Crippen LogP contribution in [0.2, 0.25) is 5.02 Å². The first-order chi connectivity index (χ1) is 15.8. The second-order valence-corrected chi connectivity index (χ2v) is 9.76. The molecule has 0 fully saturated rings. The molecule has 9 heteroatoms. The summed E-state index contributed by atoms with van der Waals surface area (Å²) in [6.07, 6.45) is 1.57. The first-order valence-electron chi connectivity index (χ1n) is 10.3. The van der Waals surface area contributed by atoms with E-state index in [1.165, 1.54) is 28.6 Å². The monoisotopic (exact) mass is 484 g/mol. The molecule has 0 unspecified atom stereocenters. The van der Waals surface area contributed by atoms with Gasteiger partial charge in [0.15, 0.2) is 6.61 Å². The molecular formula is C24H21ClN2O5S. The van der Waals surface area contributed by atoms with Crippen LogP contribution in [0.1, 0.15) is 22.3 Å². The molecule has 1 heterocycles. The molecule has 1 aliphatic rings. The first-order valence-corrected chi connectivity index (χ1v) is 12.1. The standard InChI is InChI=1S/C24H21ClN2O5S/c25-19-9-11-20(12-10-19)26-23(28)16-32-24(29)18-7-13-21(14-8-18)33(30,31)27-15-3-5-17-4-1-2-6-22(17)27/h1-2,4,6-14H,3,5,15-16H2,(H,26,28). The SMILES string of the molecule is O=C(COC(=O)c1ccc(S(=O)(=O)N2CCCc3ccccc32)cc1)Nc1ccc(Cl)cc1. The van der Waals surface area contributed by atoms with Crippen LogP contribution in [-0.2, 0) is 26.0 Å². The van der Waals surface area contributed by atoms with Crippen molar-refractivity contribution in [3.63, 3.8) is 0 Å². The first kappa shape index (κ1) is 22.8. The zero-order valence-corrected chi connectivity index (χ0v) is 19.1. The summed E-state index contributed by atoms with van der Waals surface area (Å²) in [5, 5.41) is 3.13. The Kier molecular flexibility index (Phi) is 6.67. The minimum Gasteiger partial charge on any atom is -0.452 e. The highest BCUT2D eigenvalue weighted by atomic mass is 35.5. The van der Waals surface area contributed by atoms with Crippen molar-refractivity contribution in [1.29, 1.82) is 0 Å². The van der Waals surface area contributed by atoms with Crippen LogP contribution in [0.15, 0.2) is 77.7 Å². The Morgan fingerprint density at radius 2 is 1.67 bits per heavy atom. The smallest absolute Gasteiger partial charge is 0.338 e. The number of rotatable bonds is 6. The molecule has 1 amide bonds. The van der Waals surface area contributed by atoms with E-state index in [1.54, 1.807) is 30.3 Å². The predicted molar refractivity (Wildman–Crippen MR) is 126 cm³/mol. The van der Waals surface area contributed by atoms with Gasteiger partial charge in [0.25, 0.3) is 15.9 Å². The fraction of sp³-hybridized carbons (Fsp3) is 0.167. The largest absolute Gasteiger partial charge is 0.452 e. The Balaban J connectivity index is 1.40. The number of hydrogen-bond donors (Lipinski definition) is 1. The maximum absolute atomic E-state index is 13.2. The van der Waals surface area contributed by atoms with Gasteiger partial charge in [-0.15, -0.1) is 0 Å². The van der Waals surface area contributed by atoms with E-state index >= 15 is 0 Å². The number of hydrogen-bond acceptors (Lipinski definition) is 5. The van der Waals surface area contributed by atoms with Crippen molar-refractivity contribution < 1.29 is 22.7 Å². The zero-order chi connectivity index (χ0) is 23.4. The number of aryl methyl sites for hydroxylation is 1. The topological polar surface area (TPSA) is 92.8 Å². The molecule has 0 saturated carbocycles. The third-order valence-electron chi connectivity index (χ3n) is 5.21. The van der Waals surface area contributed by atoms with Gasteiger partial charge in [0.1, 0.15) is 0 Å². The van der Waals surface area contributed by atoms with E-state index in [-0.39, 0.29) is 10.5 Å². The minimum atomic E-state index is -3.77. The third-order valence-corrected chi connectivity index (χ3v) is 7.29. The molecule has 3 aromatic rings. The lowest BCUT2D eigenvalue weighted by Gasteiger charge is -2.30. The normalized spacial score (nSPS) is 13.2. The Bertz CT molecular complexity index is 1270. The maximum atomic E-state index is 13.2. The molecular weight excluding hydrogens is 464 g/mol. The highest BCUT2D eigenvalue weighted by molar-refractivity contribution is 7.92. The van der Waals surface area contributed by atoms with Crippen LogP contribution in [0, 0.1) is 0 Å². The van der Waals surface area contributed by atoms with E-state index in [9.17, 15) is 18.0 Å². The van der Waals surface area contributed by atoms with Crippen LogP contribution < -0.4 is 9.62 Å². The summed E-state index contributed by atoms with van der Waals surface area (Å²) < 4.78 is 32.8. The maximum Gasteiger partial charge on any atom is 0.338 e. The molecule has 0 aliphatic carbocycles. The molecule has 4 rings (SSSR count). The number of nitrogens with one attached hydrogen (secondary N) is 1. The van der Waals surface area contributed by atoms with Gasteiger partial charge in [0.2, 0.25) is 0 Å². The van der Waals surface area contributed by atoms with Gasteiger partial charge in [-0.3, -0.25) is 9.10 Å². The second-order valence-electron chi connectivity index (χ2n) is 7.47. The van der Waals surface area contributed by atoms with Crippen LogP contribution in [0.5, 0.6) is 0 Å². The molecule has 33 heavy (non-hydrogen) atoms. The summed E-state index contributed by atoms with van der Waals surface area (Å²) in [4.78, 5) is 24.4. The van der Waals surface area contributed by atoms with Crippen molar-refractivity contribution in [2.24, 2.45) is 0 Å². The van der Waals surface area contributed by atoms with Crippen molar-refractivity contribution in [2.45, 2.75) is 17.7 Å². The third kappa shape index (κ3) is 5.18. The summed E-state index contributed by atoms with van der Waals surface area (Å²) >= 11 is 5.80. The lowest BCUT2D eigenvalue weighted by Crippen LogP contribution is -2.35. The number of fused-ring (bicyclic) bond motifs is 1. The van der Waals surface area contributed by atoms with E-state index in [1.807, 2.05) is 18.2 Å². The van der Waals surface area contributed by atoms with Gasteiger partial charge in [-0.2, -0.15) is 0 Å². The Morgan fingerprint density at radius 1 is 0.970 bits per heavy atom. The van der Waals surface area contributed by atoms with Crippen LogP contribution in [0.25, 0.3) is 0 Å². The molecule has 170 valence electrons. The van der Waals surface area contributed by atoms with Gasteiger partial charge in [-0.25, -0.2) is 13.2 Å². The average molecular weight is 485 g/mol. The quantitative estimate of drug-likeness (QED) is 0.527. The van der Waals surface area contributed by atoms with Gasteiger partial charge < -0.3 is 10.1 Å². The number of nitrogens with zero attached hydrogens (tertiary/aromatic N) is 1. The average Bonchev–Trinajstić information content (AvgIpc) is 2.83. The highest BCUT2D eigenvalue weighted by Crippen LogP contribution is 2.31. The second kappa shape index (κ2) is 9.64. The van der Waals surface area contributed by atoms with Gasteiger partial charge in [-0.1, -0.05) is 29.8 Å². The number of anilines is 2. The summed E-state index contributed by atoms with van der Waals surface area (Å²) in [5.41, 5.74) is 2.34.